The number of para-hydroxylation sites is 2. The van der Waals surface area contributed by atoms with Crippen LogP contribution >= 0.6 is 23.1 Å². The van der Waals surface area contributed by atoms with E-state index in [2.05, 4.69) is 30.2 Å². The molecule has 3 aliphatic rings. The number of carbonyl (C=O) groups excluding carboxylic acids is 5. The monoisotopic (exact) mass is 690 g/mol. The van der Waals surface area contributed by atoms with Crippen molar-refractivity contribution in [2.75, 3.05) is 18.0 Å². The van der Waals surface area contributed by atoms with Gasteiger partial charge in [0.2, 0.25) is 5.91 Å². The number of benzene rings is 1. The number of H-pyrrole nitrogens is 1. The van der Waals surface area contributed by atoms with E-state index in [1.165, 1.54) is 16.4 Å². The zero-order valence-corrected chi connectivity index (χ0v) is 25.2. The quantitative estimate of drug-likeness (QED) is 0.0529. The van der Waals surface area contributed by atoms with Crippen LogP contribution in [-0.4, -0.2) is 95.2 Å². The van der Waals surface area contributed by atoms with Crippen molar-refractivity contribution in [3.8, 4) is 0 Å². The number of nitrogens with one attached hydrogen (secondary N) is 2. The fraction of sp³-hybridized carbons (Fsp3) is 0.259. The van der Waals surface area contributed by atoms with Crippen molar-refractivity contribution in [1.82, 2.24) is 30.1 Å². The van der Waals surface area contributed by atoms with Gasteiger partial charge in [-0.3, -0.25) is 19.3 Å². The van der Waals surface area contributed by atoms with Crippen LogP contribution < -0.4 is 11.1 Å². The number of hydrogen-bond acceptors (Lipinski definition) is 13. The molecule has 3 amide bonds. The molecule has 0 unspecified atom stereocenters. The van der Waals surface area contributed by atoms with Gasteiger partial charge < -0.3 is 30.9 Å². The number of aromatic nitrogens is 3. The molecule has 0 aliphatic carbocycles. The highest BCUT2D eigenvalue weighted by atomic mass is 32.2. The van der Waals surface area contributed by atoms with Gasteiger partial charge in [0.05, 0.1) is 17.6 Å². The number of hydrogen-bond donors (Lipinski definition) is 4. The summed E-state index contributed by atoms with van der Waals surface area (Å²) in [7, 11) is 0. The van der Waals surface area contributed by atoms with Crippen LogP contribution in [0.5, 0.6) is 0 Å². The fourth-order valence-corrected chi connectivity index (χ4v) is 7.03. The summed E-state index contributed by atoms with van der Waals surface area (Å²) in [5.74, 6) is -6.53. The van der Waals surface area contributed by atoms with Gasteiger partial charge in [-0.25, -0.2) is 19.6 Å². The Morgan fingerprint density at radius 1 is 1.23 bits per heavy atom. The number of anilines is 1. The third-order valence-electron chi connectivity index (χ3n) is 7.31. The topological polar surface area (TPSA) is 213 Å². The van der Waals surface area contributed by atoms with Crippen LogP contribution in [-0.2, 0) is 35.3 Å². The number of esters is 2. The van der Waals surface area contributed by atoms with Crippen LogP contribution in [0.4, 0.5) is 18.3 Å². The van der Waals surface area contributed by atoms with Crippen LogP contribution in [0.25, 0.3) is 11.0 Å². The van der Waals surface area contributed by atoms with E-state index in [1.807, 2.05) is 18.2 Å². The van der Waals surface area contributed by atoms with Gasteiger partial charge in [0, 0.05) is 23.3 Å². The highest BCUT2D eigenvalue weighted by molar-refractivity contribution is 8.00. The molecule has 2 atom stereocenters. The van der Waals surface area contributed by atoms with E-state index in [4.69, 9.17) is 5.73 Å². The zero-order chi connectivity index (χ0) is 33.6. The van der Waals surface area contributed by atoms with E-state index in [0.717, 1.165) is 33.5 Å². The number of rotatable bonds is 7. The summed E-state index contributed by atoms with van der Waals surface area (Å²) in [5, 5.41) is 15.0. The molecule has 1 aromatic carbocycles. The maximum Gasteiger partial charge on any atom is 0.491 e. The number of oxime groups is 1. The molecule has 2 fully saturated rings. The minimum absolute atomic E-state index is 0.0335. The molecule has 15 nitrogen and oxygen atoms in total. The number of alkyl halides is 3. The normalized spacial score (nSPS) is 20.9. The van der Waals surface area contributed by atoms with E-state index in [1.54, 1.807) is 6.07 Å². The number of imidazole rings is 1. The van der Waals surface area contributed by atoms with Gasteiger partial charge >= 0.3 is 18.1 Å². The number of likely N-dealkylation sites (tertiary alicyclic amines) is 1. The number of fused-ring (bicyclic) bond motifs is 2. The predicted molar refractivity (Wildman–Crippen MR) is 158 cm³/mol. The number of allylic oxidation sites excluding steroid dienone is 1. The summed E-state index contributed by atoms with van der Waals surface area (Å²) >= 11 is 1.99. The molecule has 6 rings (SSSR count). The molecule has 3 aromatic rings. The second-order valence-electron chi connectivity index (χ2n) is 10.3. The number of aromatic amines is 1. The second-order valence-corrected chi connectivity index (χ2v) is 12.3. The van der Waals surface area contributed by atoms with Gasteiger partial charge in [-0.2, -0.15) is 13.2 Å². The molecule has 20 heteroatoms. The third-order valence-corrected chi connectivity index (χ3v) is 9.29. The number of nitrogen functional groups attached to an aromatic ring is 1. The van der Waals surface area contributed by atoms with Gasteiger partial charge in [-0.1, -0.05) is 17.3 Å². The highest BCUT2D eigenvalue weighted by Gasteiger charge is 2.55. The molecule has 0 saturated carbocycles. The average molecular weight is 691 g/mol. The van der Waals surface area contributed by atoms with Crippen LogP contribution in [0.1, 0.15) is 17.9 Å². The van der Waals surface area contributed by atoms with Crippen molar-refractivity contribution in [2.24, 2.45) is 5.16 Å². The number of nitrogens with zero attached hydrogens (tertiary/aromatic N) is 5. The van der Waals surface area contributed by atoms with Crippen LogP contribution in [0, 0.1) is 0 Å². The standard InChI is InChI=1S/C27H21F3N8O7S2/c28-27(29,30)25(43)45-24(42)19-12(7-11-5-6-37(21(11)40)8-16-32-13-3-1-2-4-14(13)33-16)9-46-23-18(22(41)38(19)23)35-20(39)17(36-44)15-10-47-26(31)34-15/h1-4,7,10,18,23,44H,5-6,8-9H2,(H2,31,34)(H,32,33)(H,35,39)/b11-7+,36-17-/t18-,23-/m1/s1. The lowest BCUT2D eigenvalue weighted by Gasteiger charge is -2.49. The summed E-state index contributed by atoms with van der Waals surface area (Å²) < 4.78 is 43.0. The Labute approximate surface area is 269 Å². The van der Waals surface area contributed by atoms with E-state index >= 15 is 0 Å². The maximum absolute atomic E-state index is 13.3. The first-order valence-electron chi connectivity index (χ1n) is 13.5. The molecule has 0 bridgehead atoms. The predicted octanol–water partition coefficient (Wildman–Crippen LogP) is 1.42. The van der Waals surface area contributed by atoms with Gasteiger partial charge in [-0.05, 0) is 30.2 Å². The van der Waals surface area contributed by atoms with Crippen molar-refractivity contribution in [3.63, 3.8) is 0 Å². The van der Waals surface area contributed by atoms with Crippen molar-refractivity contribution in [3.05, 3.63) is 64.1 Å². The first-order chi connectivity index (χ1) is 22.3. The molecule has 2 aromatic heterocycles. The Morgan fingerprint density at radius 2 is 2.00 bits per heavy atom. The number of thioether (sulfide) groups is 1. The van der Waals surface area contributed by atoms with Crippen molar-refractivity contribution < 1.29 is 47.1 Å². The molecule has 0 spiro atoms. The number of ether oxygens (including phenoxy) is 1. The molecule has 47 heavy (non-hydrogen) atoms. The number of β-lactam (4-membered cyclic amide) rings is 1. The molecule has 244 valence electrons. The summed E-state index contributed by atoms with van der Waals surface area (Å²) in [6.45, 7) is 0.404. The number of carbonyl (C=O) groups is 5. The van der Waals surface area contributed by atoms with Gasteiger partial charge in [0.25, 0.3) is 11.8 Å². The Kier molecular flexibility index (Phi) is 8.22. The molecule has 2 saturated heterocycles. The molecule has 0 radical (unpaired) electrons. The first kappa shape index (κ1) is 31.7. The Bertz CT molecular complexity index is 1900. The van der Waals surface area contributed by atoms with E-state index < -0.39 is 58.7 Å². The smallest absolute Gasteiger partial charge is 0.410 e. The molecule has 5 heterocycles. The average Bonchev–Trinajstić information content (AvgIpc) is 3.74. The van der Waals surface area contributed by atoms with Crippen molar-refractivity contribution >= 4 is 74.6 Å². The zero-order valence-electron chi connectivity index (χ0n) is 23.6. The summed E-state index contributed by atoms with van der Waals surface area (Å²) in [5.41, 5.74) is 5.90. The van der Waals surface area contributed by atoms with E-state index in [-0.39, 0.29) is 47.2 Å². The second kappa shape index (κ2) is 12.2. The SMILES string of the molecule is Nc1nc(/C(=N/O)C(=O)N[C@@H]2C(=O)N3C(C(=O)OC(=O)C(F)(F)F)=C(/C=C4\CCN(Cc5nc6ccccc6[nH]5)C4=O)CS[C@H]23)cs1. The van der Waals surface area contributed by atoms with Crippen LogP contribution in [0.3, 0.4) is 0 Å². The molecule has 5 N–H and O–H groups in total. The Hall–Kier alpha value is -5.24. The molecular weight excluding hydrogens is 669 g/mol. The number of amides is 3. The van der Waals surface area contributed by atoms with Gasteiger partial charge in [0.1, 0.15) is 28.6 Å². The Balaban J connectivity index is 1.25. The third kappa shape index (κ3) is 6.03. The van der Waals surface area contributed by atoms with Crippen molar-refractivity contribution in [2.45, 2.75) is 30.6 Å². The van der Waals surface area contributed by atoms with Crippen LogP contribution in [0.15, 0.2) is 57.7 Å². The summed E-state index contributed by atoms with van der Waals surface area (Å²) in [4.78, 5) is 77.7. The lowest BCUT2D eigenvalue weighted by molar-refractivity contribution is -0.201. The fourth-order valence-electron chi connectivity index (χ4n) is 5.18. The highest BCUT2D eigenvalue weighted by Crippen LogP contribution is 2.42. The van der Waals surface area contributed by atoms with Gasteiger partial charge in [0.15, 0.2) is 10.8 Å². The summed E-state index contributed by atoms with van der Waals surface area (Å²) in [6.07, 6.45) is -4.01. The van der Waals surface area contributed by atoms with Crippen LogP contribution in [0.2, 0.25) is 0 Å². The lowest BCUT2D eigenvalue weighted by atomic mass is 10.0. The number of thiazole rings is 1. The summed E-state index contributed by atoms with van der Waals surface area (Å²) in [6, 6.07) is 5.97. The first-order valence-corrected chi connectivity index (χ1v) is 15.5. The number of halogens is 3. The number of nitrogens with two attached hydrogens (primary N) is 1. The maximum atomic E-state index is 13.3. The van der Waals surface area contributed by atoms with Crippen molar-refractivity contribution in [1.29, 1.82) is 0 Å². The molecule has 3 aliphatic heterocycles. The minimum Gasteiger partial charge on any atom is -0.410 e. The van der Waals surface area contributed by atoms with Gasteiger partial charge in [-0.15, -0.1) is 23.1 Å². The minimum atomic E-state index is -5.51. The largest absolute Gasteiger partial charge is 0.491 e. The molecular formula is C27H21F3N8O7S2. The Morgan fingerprint density at radius 3 is 2.68 bits per heavy atom. The van der Waals surface area contributed by atoms with E-state index in [9.17, 15) is 42.4 Å². The van der Waals surface area contributed by atoms with E-state index in [0.29, 0.717) is 11.3 Å². The lowest BCUT2D eigenvalue weighted by Crippen LogP contribution is -2.71.